The van der Waals surface area contributed by atoms with Crippen molar-refractivity contribution in [1.82, 2.24) is 20.2 Å². The number of amides is 2. The van der Waals surface area contributed by atoms with Gasteiger partial charge in [0.05, 0.1) is 11.8 Å². The number of carbonyl (C=O) groups excluding carboxylic acids is 2. The molecule has 2 aromatic heterocycles. The van der Waals surface area contributed by atoms with Crippen LogP contribution in [-0.4, -0.2) is 46.3 Å². The lowest BCUT2D eigenvalue weighted by Gasteiger charge is -2.31. The summed E-state index contributed by atoms with van der Waals surface area (Å²) in [7, 11) is 0. The van der Waals surface area contributed by atoms with Gasteiger partial charge in [0.1, 0.15) is 5.69 Å². The number of hydrogen-bond donors (Lipinski definition) is 1. The van der Waals surface area contributed by atoms with Crippen molar-refractivity contribution in [3.8, 4) is 0 Å². The van der Waals surface area contributed by atoms with E-state index < -0.39 is 0 Å². The fraction of sp³-hybridized carbons (Fsp3) is 0.375. The van der Waals surface area contributed by atoms with Gasteiger partial charge in [-0.15, -0.1) is 0 Å². The van der Waals surface area contributed by atoms with Crippen molar-refractivity contribution in [3.05, 3.63) is 46.7 Å². The van der Waals surface area contributed by atoms with E-state index in [4.69, 9.17) is 0 Å². The zero-order chi connectivity index (χ0) is 16.1. The summed E-state index contributed by atoms with van der Waals surface area (Å²) >= 11 is 1.54. The zero-order valence-electron chi connectivity index (χ0n) is 12.6. The topological polar surface area (TPSA) is 75.2 Å². The smallest absolute Gasteiger partial charge is 0.271 e. The highest BCUT2D eigenvalue weighted by atomic mass is 32.1. The van der Waals surface area contributed by atoms with Gasteiger partial charge in [-0.2, -0.15) is 11.3 Å². The van der Waals surface area contributed by atoms with Crippen molar-refractivity contribution in [2.45, 2.75) is 12.8 Å². The molecular weight excluding hydrogens is 312 g/mol. The molecule has 120 valence electrons. The average Bonchev–Trinajstić information content (AvgIpc) is 3.15. The molecule has 6 nitrogen and oxygen atoms in total. The van der Waals surface area contributed by atoms with E-state index in [0.29, 0.717) is 18.2 Å². The Labute approximate surface area is 138 Å². The van der Waals surface area contributed by atoms with E-state index in [0.717, 1.165) is 31.5 Å². The lowest BCUT2D eigenvalue weighted by atomic mass is 9.96. The van der Waals surface area contributed by atoms with Gasteiger partial charge >= 0.3 is 0 Å². The minimum Gasteiger partial charge on any atom is -0.350 e. The molecule has 0 aliphatic carbocycles. The first kappa shape index (κ1) is 15.6. The van der Waals surface area contributed by atoms with Crippen LogP contribution in [0.4, 0.5) is 0 Å². The van der Waals surface area contributed by atoms with E-state index in [1.165, 1.54) is 29.9 Å². The first-order valence-electron chi connectivity index (χ1n) is 7.59. The monoisotopic (exact) mass is 330 g/mol. The van der Waals surface area contributed by atoms with E-state index in [2.05, 4.69) is 15.3 Å². The molecule has 0 atom stereocenters. The molecule has 1 saturated heterocycles. The Morgan fingerprint density at radius 3 is 2.78 bits per heavy atom. The van der Waals surface area contributed by atoms with Crippen LogP contribution in [-0.2, 0) is 0 Å². The number of hydrogen-bond acceptors (Lipinski definition) is 5. The van der Waals surface area contributed by atoms with E-state index in [1.807, 2.05) is 21.7 Å². The molecule has 7 heteroatoms. The van der Waals surface area contributed by atoms with E-state index in [9.17, 15) is 9.59 Å². The van der Waals surface area contributed by atoms with Gasteiger partial charge in [-0.25, -0.2) is 4.98 Å². The third kappa shape index (κ3) is 3.92. The molecule has 3 rings (SSSR count). The van der Waals surface area contributed by atoms with Gasteiger partial charge in [0.15, 0.2) is 0 Å². The van der Waals surface area contributed by atoms with Crippen LogP contribution in [0.1, 0.15) is 33.7 Å². The van der Waals surface area contributed by atoms with Crippen LogP contribution >= 0.6 is 11.3 Å². The number of likely N-dealkylation sites (tertiary alicyclic amines) is 1. The average molecular weight is 330 g/mol. The summed E-state index contributed by atoms with van der Waals surface area (Å²) in [5, 5.41) is 6.70. The second kappa shape index (κ2) is 7.32. The molecule has 23 heavy (non-hydrogen) atoms. The molecule has 0 radical (unpaired) electrons. The molecule has 2 amide bonds. The zero-order valence-corrected chi connectivity index (χ0v) is 13.5. The maximum Gasteiger partial charge on any atom is 0.271 e. The lowest BCUT2D eigenvalue weighted by Crippen LogP contribution is -2.41. The van der Waals surface area contributed by atoms with E-state index in [-0.39, 0.29) is 11.8 Å². The second-order valence-electron chi connectivity index (χ2n) is 5.55. The predicted octanol–water partition coefficient (Wildman–Crippen LogP) is 1.82. The number of nitrogens with zero attached hydrogens (tertiary/aromatic N) is 3. The minimum atomic E-state index is -0.199. The first-order chi connectivity index (χ1) is 11.2. The quantitative estimate of drug-likeness (QED) is 0.928. The van der Waals surface area contributed by atoms with Gasteiger partial charge in [-0.05, 0) is 30.2 Å². The highest BCUT2D eigenvalue weighted by molar-refractivity contribution is 7.08. The van der Waals surface area contributed by atoms with Crippen molar-refractivity contribution in [2.24, 2.45) is 5.92 Å². The number of rotatable bonds is 4. The van der Waals surface area contributed by atoms with Crippen LogP contribution in [0.5, 0.6) is 0 Å². The number of thiophene rings is 1. The number of piperidine rings is 1. The highest BCUT2D eigenvalue weighted by Gasteiger charge is 2.24. The Hall–Kier alpha value is -2.28. The molecular formula is C16H18N4O2S. The normalized spacial score (nSPS) is 15.4. The third-order valence-corrected chi connectivity index (χ3v) is 4.70. The summed E-state index contributed by atoms with van der Waals surface area (Å²) in [4.78, 5) is 34.0. The molecule has 1 N–H and O–H groups in total. The maximum absolute atomic E-state index is 12.3. The molecule has 0 spiro atoms. The van der Waals surface area contributed by atoms with Crippen LogP contribution in [0.25, 0.3) is 0 Å². The van der Waals surface area contributed by atoms with Gasteiger partial charge in [-0.3, -0.25) is 14.6 Å². The van der Waals surface area contributed by atoms with Gasteiger partial charge in [0.2, 0.25) is 0 Å². The number of carbonyl (C=O) groups is 2. The molecule has 1 fully saturated rings. The summed E-state index contributed by atoms with van der Waals surface area (Å²) < 4.78 is 0. The fourth-order valence-electron chi connectivity index (χ4n) is 2.65. The Kier molecular flexibility index (Phi) is 4.97. The standard InChI is InChI=1S/C16H18N4O2S/c21-15(14-10-17-4-5-18-14)19-9-12-1-6-20(7-2-12)16(22)13-3-8-23-11-13/h3-5,8,10-12H,1-2,6-7,9H2,(H,19,21). The Morgan fingerprint density at radius 2 is 2.13 bits per heavy atom. The SMILES string of the molecule is O=C(NCC1CCN(C(=O)c2ccsc2)CC1)c1cnccn1. The molecule has 0 saturated carbocycles. The van der Waals surface area contributed by atoms with Gasteiger partial charge in [-0.1, -0.05) is 0 Å². The largest absolute Gasteiger partial charge is 0.350 e. The van der Waals surface area contributed by atoms with Crippen molar-refractivity contribution >= 4 is 23.2 Å². The lowest BCUT2D eigenvalue weighted by molar-refractivity contribution is 0.0684. The van der Waals surface area contributed by atoms with Gasteiger partial charge in [0.25, 0.3) is 11.8 Å². The van der Waals surface area contributed by atoms with E-state index >= 15 is 0 Å². The molecule has 1 aliphatic rings. The fourth-order valence-corrected chi connectivity index (χ4v) is 3.28. The van der Waals surface area contributed by atoms with Gasteiger partial charge in [0, 0.05) is 37.4 Å². The van der Waals surface area contributed by atoms with Crippen molar-refractivity contribution < 1.29 is 9.59 Å². The second-order valence-corrected chi connectivity index (χ2v) is 6.33. The highest BCUT2D eigenvalue weighted by Crippen LogP contribution is 2.19. The summed E-state index contributed by atoms with van der Waals surface area (Å²) in [6, 6.07) is 1.86. The summed E-state index contributed by atoms with van der Waals surface area (Å²) in [6.07, 6.45) is 6.30. The number of nitrogens with one attached hydrogen (secondary N) is 1. The molecule has 2 aromatic rings. The third-order valence-electron chi connectivity index (χ3n) is 4.02. The molecule has 0 bridgehead atoms. The Bertz CT molecular complexity index is 652. The van der Waals surface area contributed by atoms with Crippen LogP contribution in [0.15, 0.2) is 35.4 Å². The predicted molar refractivity (Wildman–Crippen MR) is 87.3 cm³/mol. The van der Waals surface area contributed by atoms with Crippen LogP contribution in [0, 0.1) is 5.92 Å². The summed E-state index contributed by atoms with van der Waals surface area (Å²) in [5.41, 5.74) is 1.10. The molecule has 0 unspecified atom stereocenters. The maximum atomic E-state index is 12.3. The van der Waals surface area contributed by atoms with Crippen molar-refractivity contribution in [3.63, 3.8) is 0 Å². The van der Waals surface area contributed by atoms with Gasteiger partial charge < -0.3 is 10.2 Å². The first-order valence-corrected chi connectivity index (χ1v) is 8.54. The Balaban J connectivity index is 1.44. The van der Waals surface area contributed by atoms with Crippen LogP contribution in [0.2, 0.25) is 0 Å². The summed E-state index contributed by atoms with van der Waals surface area (Å²) in [6.45, 7) is 2.08. The van der Waals surface area contributed by atoms with Crippen molar-refractivity contribution in [1.29, 1.82) is 0 Å². The molecule has 1 aliphatic heterocycles. The van der Waals surface area contributed by atoms with E-state index in [1.54, 1.807) is 0 Å². The molecule has 0 aromatic carbocycles. The summed E-state index contributed by atoms with van der Waals surface area (Å²) in [5.74, 6) is 0.297. The Morgan fingerprint density at radius 1 is 1.30 bits per heavy atom. The van der Waals surface area contributed by atoms with Crippen LogP contribution in [0.3, 0.4) is 0 Å². The van der Waals surface area contributed by atoms with Crippen LogP contribution < -0.4 is 5.32 Å². The van der Waals surface area contributed by atoms with Crippen molar-refractivity contribution in [2.75, 3.05) is 19.6 Å². The molecule has 3 heterocycles. The minimum absolute atomic E-state index is 0.105. The number of aromatic nitrogens is 2.